The summed E-state index contributed by atoms with van der Waals surface area (Å²) in [6.45, 7) is -5.98. The fourth-order valence-corrected chi connectivity index (χ4v) is 3.92. The van der Waals surface area contributed by atoms with Crippen LogP contribution in [-0.2, 0) is 17.8 Å². The number of allylic oxidation sites excluding steroid dienone is 1. The summed E-state index contributed by atoms with van der Waals surface area (Å²) in [5, 5.41) is 13.5. The van der Waals surface area contributed by atoms with Crippen molar-refractivity contribution in [1.29, 1.82) is 5.26 Å². The van der Waals surface area contributed by atoms with Crippen molar-refractivity contribution in [1.82, 2.24) is 14.9 Å². The summed E-state index contributed by atoms with van der Waals surface area (Å²) >= 11 is 6.47. The van der Waals surface area contributed by atoms with Crippen molar-refractivity contribution in [3.05, 3.63) is 94.9 Å². The lowest BCUT2D eigenvalue weighted by atomic mass is 10.0. The molecule has 9 heteroatoms. The number of halogens is 1. The molecular formula is C31H30ClN5O3. The van der Waals surface area contributed by atoms with Gasteiger partial charge in [0.1, 0.15) is 24.1 Å². The van der Waals surface area contributed by atoms with E-state index >= 15 is 0 Å². The van der Waals surface area contributed by atoms with Crippen molar-refractivity contribution < 1.29 is 25.2 Å². The number of nitrogens with one attached hydrogen (secondary N) is 1. The molecule has 0 atom stereocenters. The van der Waals surface area contributed by atoms with Gasteiger partial charge in [-0.1, -0.05) is 23.7 Å². The molecule has 0 amide bonds. The topological polar surface area (TPSA) is 100 Å². The van der Waals surface area contributed by atoms with E-state index in [4.69, 9.17) is 32.0 Å². The number of likely N-dealkylation sites (N-methyl/N-ethyl adjacent to an activating group) is 1. The summed E-state index contributed by atoms with van der Waals surface area (Å²) in [4.78, 5) is 22.3. The molecule has 0 aliphatic carbocycles. The number of nitriles is 1. The molecule has 2 heterocycles. The number of rotatable bonds is 12. The fourth-order valence-electron chi connectivity index (χ4n) is 3.70. The molecule has 0 saturated heterocycles. The van der Waals surface area contributed by atoms with Crippen LogP contribution in [0.25, 0.3) is 10.9 Å². The number of carbonyl (C=O) groups excluding carboxylic acids is 1. The number of hydrogen-bond donors (Lipinski definition) is 1. The van der Waals surface area contributed by atoms with Gasteiger partial charge in [0.25, 0.3) is 0 Å². The van der Waals surface area contributed by atoms with Gasteiger partial charge < -0.3 is 19.7 Å². The monoisotopic (exact) mass is 563 g/mol. The zero-order chi connectivity index (χ0) is 35.4. The highest BCUT2D eigenvalue weighted by molar-refractivity contribution is 6.32. The Hall–Kier alpha value is -4.45. The van der Waals surface area contributed by atoms with Gasteiger partial charge in [0.2, 0.25) is 0 Å². The molecule has 204 valence electrons. The number of ketones is 1. The highest BCUT2D eigenvalue weighted by Crippen LogP contribution is 2.36. The van der Waals surface area contributed by atoms with Crippen LogP contribution in [0.4, 0.5) is 11.4 Å². The summed E-state index contributed by atoms with van der Waals surface area (Å²) in [6, 6.07) is 14.0. The van der Waals surface area contributed by atoms with E-state index in [9.17, 15) is 10.1 Å². The zero-order valence-electron chi connectivity index (χ0n) is 29.7. The Morgan fingerprint density at radius 3 is 2.85 bits per heavy atom. The number of nitrogens with zero attached hydrogens (tertiary/aromatic N) is 4. The van der Waals surface area contributed by atoms with Gasteiger partial charge in [-0.3, -0.25) is 14.8 Å². The van der Waals surface area contributed by atoms with Gasteiger partial charge in [0.05, 0.1) is 40.9 Å². The third-order valence-corrected chi connectivity index (χ3v) is 5.77. The first-order chi connectivity index (χ1) is 22.4. The molecule has 0 radical (unpaired) electrons. The van der Waals surface area contributed by atoms with Crippen LogP contribution in [0.15, 0.2) is 73.1 Å². The van der Waals surface area contributed by atoms with Crippen molar-refractivity contribution in [2.24, 2.45) is 0 Å². The normalized spacial score (nSPS) is 15.3. The summed E-state index contributed by atoms with van der Waals surface area (Å²) in [5.74, 6) is -0.509. The second-order valence-electron chi connectivity index (χ2n) is 8.48. The first-order valence-corrected chi connectivity index (χ1v) is 12.4. The van der Waals surface area contributed by atoms with Gasteiger partial charge in [-0.25, -0.2) is 0 Å². The molecule has 0 saturated carbocycles. The molecule has 2 aromatic carbocycles. The third kappa shape index (κ3) is 7.35. The van der Waals surface area contributed by atoms with Crippen molar-refractivity contribution in [2.75, 3.05) is 32.4 Å². The van der Waals surface area contributed by atoms with E-state index in [2.05, 4.69) is 21.4 Å². The molecule has 8 nitrogen and oxygen atoms in total. The molecule has 0 bridgehead atoms. The molecule has 4 aromatic rings. The van der Waals surface area contributed by atoms with E-state index in [-0.39, 0.29) is 58.0 Å². The van der Waals surface area contributed by atoms with Crippen molar-refractivity contribution in [2.45, 2.75) is 19.9 Å². The number of benzene rings is 2. The van der Waals surface area contributed by atoms with Crippen LogP contribution >= 0.6 is 11.6 Å². The third-order valence-electron chi connectivity index (χ3n) is 5.47. The summed E-state index contributed by atoms with van der Waals surface area (Å²) in [5.41, 5.74) is 1.40. The fraction of sp³-hybridized carbons (Fsp3) is 0.226. The molecule has 2 aromatic heterocycles. The predicted molar refractivity (Wildman–Crippen MR) is 157 cm³/mol. The molecular weight excluding hydrogens is 526 g/mol. The highest BCUT2D eigenvalue weighted by Gasteiger charge is 2.16. The van der Waals surface area contributed by atoms with E-state index in [0.29, 0.717) is 16.6 Å². The lowest BCUT2D eigenvalue weighted by Gasteiger charge is -2.16. The highest BCUT2D eigenvalue weighted by atomic mass is 35.5. The van der Waals surface area contributed by atoms with E-state index < -0.39 is 25.9 Å². The molecule has 4 rings (SSSR count). The van der Waals surface area contributed by atoms with Gasteiger partial charge in [0.15, 0.2) is 5.78 Å². The average Bonchev–Trinajstić information content (AvgIpc) is 2.98. The minimum atomic E-state index is -2.45. The molecule has 0 aliphatic heterocycles. The summed E-state index contributed by atoms with van der Waals surface area (Å²) in [6.07, 6.45) is 3.42. The van der Waals surface area contributed by atoms with Crippen LogP contribution in [0, 0.1) is 11.3 Å². The van der Waals surface area contributed by atoms with Gasteiger partial charge in [0, 0.05) is 52.2 Å². The van der Waals surface area contributed by atoms with E-state index in [0.717, 1.165) is 11.0 Å². The smallest absolute Gasteiger partial charge is 0.159 e. The van der Waals surface area contributed by atoms with E-state index in [1.807, 2.05) is 0 Å². The van der Waals surface area contributed by atoms with Crippen LogP contribution in [0.1, 0.15) is 34.7 Å². The number of pyridine rings is 2. The maximum Gasteiger partial charge on any atom is 0.159 e. The number of carbonyl (C=O) groups is 1. The SMILES string of the molecule is [2H]/C(=C\C(=O)Cc1cc2c(Nc3ccc(OC([2H])([2H])c4ccccn4)c(Cl)c3)c(C#N)cnc2cc1OC([2H])([2H])C)CN(C)C([2H])([2H])[2H]. The van der Waals surface area contributed by atoms with Gasteiger partial charge in [-0.2, -0.15) is 5.26 Å². The number of hydrogen-bond acceptors (Lipinski definition) is 8. The maximum atomic E-state index is 13.0. The van der Waals surface area contributed by atoms with Crippen LogP contribution < -0.4 is 14.8 Å². The van der Waals surface area contributed by atoms with E-state index in [1.165, 1.54) is 56.7 Å². The molecule has 0 unspecified atom stereocenters. The number of fused-ring (bicyclic) bond motifs is 1. The minimum absolute atomic E-state index is 0.0118. The second-order valence-corrected chi connectivity index (χ2v) is 8.89. The van der Waals surface area contributed by atoms with Crippen LogP contribution in [0.5, 0.6) is 11.5 Å². The van der Waals surface area contributed by atoms with Gasteiger partial charge >= 0.3 is 0 Å². The lowest BCUT2D eigenvalue weighted by Crippen LogP contribution is -2.11. The van der Waals surface area contributed by atoms with Crippen LogP contribution in [0.3, 0.4) is 0 Å². The second kappa shape index (κ2) is 13.6. The molecule has 0 fully saturated rings. The molecule has 0 spiro atoms. The van der Waals surface area contributed by atoms with Crippen molar-refractivity contribution >= 4 is 39.7 Å². The van der Waals surface area contributed by atoms with E-state index in [1.54, 1.807) is 18.2 Å². The quantitative estimate of drug-likeness (QED) is 0.206. The Morgan fingerprint density at radius 2 is 2.12 bits per heavy atom. The number of ether oxygens (including phenoxy) is 2. The predicted octanol–water partition coefficient (Wildman–Crippen LogP) is 6.11. The Bertz CT molecular complexity index is 1890. The largest absolute Gasteiger partial charge is 0.494 e. The minimum Gasteiger partial charge on any atom is -0.494 e. The molecule has 40 heavy (non-hydrogen) atoms. The summed E-state index contributed by atoms with van der Waals surface area (Å²) < 4.78 is 73.9. The first kappa shape index (κ1) is 19.6. The Balaban J connectivity index is 1.70. The number of aromatic nitrogens is 2. The van der Waals surface area contributed by atoms with Crippen LogP contribution in [0.2, 0.25) is 5.02 Å². The van der Waals surface area contributed by atoms with Crippen LogP contribution in [-0.4, -0.2) is 47.8 Å². The van der Waals surface area contributed by atoms with Gasteiger partial charge in [-0.15, -0.1) is 0 Å². The summed E-state index contributed by atoms with van der Waals surface area (Å²) in [7, 11) is 1.31. The molecule has 0 aliphatic rings. The number of anilines is 2. The Labute approximate surface area is 250 Å². The van der Waals surface area contributed by atoms with Gasteiger partial charge in [-0.05, 0) is 63.4 Å². The average molecular weight is 564 g/mol. The molecule has 1 N–H and O–H groups in total. The van der Waals surface area contributed by atoms with Crippen molar-refractivity contribution in [3.63, 3.8) is 0 Å². The lowest BCUT2D eigenvalue weighted by molar-refractivity contribution is -0.114. The zero-order valence-corrected chi connectivity index (χ0v) is 22.4. The maximum absolute atomic E-state index is 13.0. The first-order valence-electron chi connectivity index (χ1n) is 16.0. The Kier molecular flexibility index (Phi) is 6.64. The standard InChI is InChI=1S/C31H30ClN5O3/c1-4-39-30-17-28-26(15-21(30)14-25(38)9-7-13-37(2)3)31(22(18-33)19-35-28)36-23-10-11-29(27(32)16-23)40-20-24-8-5-6-12-34-24/h5-12,15-17,19H,4,13-14,20H2,1-3H3,(H,35,36)/b9-7+/i2D3,4D2,7D,20D2. The Morgan fingerprint density at radius 1 is 1.25 bits per heavy atom. The van der Waals surface area contributed by atoms with Crippen molar-refractivity contribution in [3.8, 4) is 17.6 Å².